The van der Waals surface area contributed by atoms with Crippen LogP contribution in [0.4, 0.5) is 0 Å². The molecule has 1 saturated heterocycles. The fourth-order valence-electron chi connectivity index (χ4n) is 2.56. The van der Waals surface area contributed by atoms with Crippen LogP contribution in [0.5, 0.6) is 5.75 Å². The van der Waals surface area contributed by atoms with Crippen molar-refractivity contribution < 1.29 is 23.8 Å². The molecule has 0 bridgehead atoms. The third-order valence-electron chi connectivity index (χ3n) is 3.67. The Hall–Kier alpha value is -2.61. The molecule has 3 rings (SSSR count). The maximum Gasteiger partial charge on any atom is 0.348 e. The van der Waals surface area contributed by atoms with Gasteiger partial charge in [0.2, 0.25) is 0 Å². The summed E-state index contributed by atoms with van der Waals surface area (Å²) in [6, 6.07) is 5.33. The van der Waals surface area contributed by atoms with Crippen LogP contribution in [0.15, 0.2) is 40.6 Å². The largest absolute Gasteiger partial charge is 0.496 e. The van der Waals surface area contributed by atoms with E-state index in [9.17, 15) is 9.59 Å². The first-order valence-corrected chi connectivity index (χ1v) is 8.60. The van der Waals surface area contributed by atoms with Gasteiger partial charge in [-0.15, -0.1) is 0 Å². The summed E-state index contributed by atoms with van der Waals surface area (Å²) < 4.78 is 18.2. The first-order chi connectivity index (χ1) is 12.3. The lowest BCUT2D eigenvalue weighted by Gasteiger charge is -2.29. The van der Waals surface area contributed by atoms with Crippen molar-refractivity contribution in [2.45, 2.75) is 26.2 Å². The fraction of sp³-hybridized carbons (Fsp3) is 0.278. The summed E-state index contributed by atoms with van der Waals surface area (Å²) in [5.74, 6) is -2.00. The summed E-state index contributed by atoms with van der Waals surface area (Å²) in [6.45, 7) is 3.48. The zero-order valence-corrected chi connectivity index (χ0v) is 16.1. The molecule has 26 heavy (non-hydrogen) atoms. The van der Waals surface area contributed by atoms with Gasteiger partial charge in [0.15, 0.2) is 0 Å². The Kier molecular flexibility index (Phi) is 4.86. The lowest BCUT2D eigenvalue weighted by molar-refractivity contribution is -0.222. The minimum Gasteiger partial charge on any atom is -0.496 e. The van der Waals surface area contributed by atoms with Crippen molar-refractivity contribution in [1.82, 2.24) is 9.78 Å². The molecule has 1 aromatic carbocycles. The number of nitrogens with zero attached hydrogens (tertiary/aromatic N) is 2. The standard InChI is InChI=1S/C18H17BrN2O5/c1-18(2)25-16(22)14(17(23)26-18)7-11-4-5-15(24-3)12(6-11)9-21-10-13(19)8-20-21/h4-8,10H,9H2,1-3H3. The van der Waals surface area contributed by atoms with Gasteiger partial charge in [-0.1, -0.05) is 6.07 Å². The molecule has 0 amide bonds. The van der Waals surface area contributed by atoms with Gasteiger partial charge >= 0.3 is 11.9 Å². The minimum absolute atomic E-state index is 0.151. The third-order valence-corrected chi connectivity index (χ3v) is 4.08. The van der Waals surface area contributed by atoms with Crippen molar-refractivity contribution in [1.29, 1.82) is 0 Å². The van der Waals surface area contributed by atoms with E-state index >= 15 is 0 Å². The van der Waals surface area contributed by atoms with Crippen molar-refractivity contribution in [3.8, 4) is 5.75 Å². The fourth-order valence-corrected chi connectivity index (χ4v) is 2.88. The first kappa shape index (κ1) is 18.2. The normalized spacial score (nSPS) is 16.1. The highest BCUT2D eigenvalue weighted by atomic mass is 79.9. The van der Waals surface area contributed by atoms with Gasteiger partial charge in [-0.2, -0.15) is 5.10 Å². The lowest BCUT2D eigenvalue weighted by Crippen LogP contribution is -2.41. The average molecular weight is 421 g/mol. The molecule has 0 unspecified atom stereocenters. The smallest absolute Gasteiger partial charge is 0.348 e. The summed E-state index contributed by atoms with van der Waals surface area (Å²) in [5.41, 5.74) is 1.34. The molecule has 0 N–H and O–H groups in total. The number of carbonyl (C=O) groups is 2. The minimum atomic E-state index is -1.26. The van der Waals surface area contributed by atoms with Crippen LogP contribution in [0.3, 0.4) is 0 Å². The second kappa shape index (κ2) is 6.95. The number of ether oxygens (including phenoxy) is 3. The van der Waals surface area contributed by atoms with Gasteiger partial charge in [0, 0.05) is 25.6 Å². The number of benzene rings is 1. The summed E-state index contributed by atoms with van der Waals surface area (Å²) in [4.78, 5) is 24.2. The molecule has 2 aromatic rings. The third kappa shape index (κ3) is 3.96. The van der Waals surface area contributed by atoms with E-state index in [1.54, 1.807) is 30.1 Å². The van der Waals surface area contributed by atoms with Crippen LogP contribution in [0.1, 0.15) is 25.0 Å². The Morgan fingerprint density at radius 3 is 2.54 bits per heavy atom. The van der Waals surface area contributed by atoms with E-state index in [1.165, 1.54) is 19.9 Å². The number of carbonyl (C=O) groups excluding carboxylic acids is 2. The number of cyclic esters (lactones) is 2. The molecular weight excluding hydrogens is 404 g/mol. The monoisotopic (exact) mass is 420 g/mol. The highest BCUT2D eigenvalue weighted by Gasteiger charge is 2.38. The number of aromatic nitrogens is 2. The van der Waals surface area contributed by atoms with Gasteiger partial charge in [-0.3, -0.25) is 4.68 Å². The number of methoxy groups -OCH3 is 1. The summed E-state index contributed by atoms with van der Waals surface area (Å²) in [7, 11) is 1.58. The highest BCUT2D eigenvalue weighted by molar-refractivity contribution is 9.10. The second-order valence-electron chi connectivity index (χ2n) is 6.16. The number of hydrogen-bond donors (Lipinski definition) is 0. The zero-order chi connectivity index (χ0) is 18.9. The van der Waals surface area contributed by atoms with Gasteiger partial charge in [0.25, 0.3) is 5.79 Å². The topological polar surface area (TPSA) is 79.7 Å². The van der Waals surface area contributed by atoms with Crippen LogP contribution < -0.4 is 4.74 Å². The van der Waals surface area contributed by atoms with Crippen molar-refractivity contribution in [2.24, 2.45) is 0 Å². The van der Waals surface area contributed by atoms with Crippen LogP contribution in [0.25, 0.3) is 6.08 Å². The molecule has 0 radical (unpaired) electrons. The van der Waals surface area contributed by atoms with E-state index in [0.29, 0.717) is 17.9 Å². The van der Waals surface area contributed by atoms with E-state index in [1.807, 2.05) is 12.3 Å². The SMILES string of the molecule is COc1ccc(C=C2C(=O)OC(C)(C)OC2=O)cc1Cn1cc(Br)cn1. The van der Waals surface area contributed by atoms with E-state index in [0.717, 1.165) is 10.0 Å². The van der Waals surface area contributed by atoms with Crippen LogP contribution in [0.2, 0.25) is 0 Å². The molecule has 0 aliphatic carbocycles. The quantitative estimate of drug-likeness (QED) is 0.429. The molecule has 136 valence electrons. The number of rotatable bonds is 4. The second-order valence-corrected chi connectivity index (χ2v) is 7.08. The van der Waals surface area contributed by atoms with E-state index in [4.69, 9.17) is 14.2 Å². The van der Waals surface area contributed by atoms with Crippen molar-refractivity contribution in [2.75, 3.05) is 7.11 Å². The van der Waals surface area contributed by atoms with Crippen LogP contribution in [-0.4, -0.2) is 34.6 Å². The van der Waals surface area contributed by atoms with Gasteiger partial charge in [0.1, 0.15) is 11.3 Å². The number of hydrogen-bond acceptors (Lipinski definition) is 6. The highest BCUT2D eigenvalue weighted by Crippen LogP contribution is 2.26. The molecular formula is C18H17BrN2O5. The molecule has 2 heterocycles. The van der Waals surface area contributed by atoms with Crippen molar-refractivity contribution >= 4 is 33.9 Å². The van der Waals surface area contributed by atoms with Gasteiger partial charge < -0.3 is 14.2 Å². The Bertz CT molecular complexity index is 879. The van der Waals surface area contributed by atoms with Crippen LogP contribution >= 0.6 is 15.9 Å². The van der Waals surface area contributed by atoms with Crippen LogP contribution in [0, 0.1) is 0 Å². The maximum absolute atomic E-state index is 12.1. The molecule has 1 aliphatic rings. The molecule has 1 fully saturated rings. The summed E-state index contributed by atoms with van der Waals surface area (Å²) >= 11 is 3.36. The maximum atomic E-state index is 12.1. The number of halogens is 1. The van der Waals surface area contributed by atoms with Crippen molar-refractivity contribution in [3.63, 3.8) is 0 Å². The van der Waals surface area contributed by atoms with E-state index in [2.05, 4.69) is 21.0 Å². The molecule has 0 saturated carbocycles. The molecule has 0 atom stereocenters. The Morgan fingerprint density at radius 2 is 1.96 bits per heavy atom. The predicted octanol–water partition coefficient (Wildman–Crippen LogP) is 2.92. The summed E-state index contributed by atoms with van der Waals surface area (Å²) in [5, 5.41) is 4.22. The lowest BCUT2D eigenvalue weighted by atomic mass is 10.1. The van der Waals surface area contributed by atoms with E-state index in [-0.39, 0.29) is 5.57 Å². The molecule has 8 heteroatoms. The van der Waals surface area contributed by atoms with E-state index < -0.39 is 17.7 Å². The molecule has 0 spiro atoms. The summed E-state index contributed by atoms with van der Waals surface area (Å²) in [6.07, 6.45) is 4.97. The van der Waals surface area contributed by atoms with Crippen LogP contribution in [-0.2, 0) is 25.6 Å². The van der Waals surface area contributed by atoms with Crippen molar-refractivity contribution in [3.05, 3.63) is 51.8 Å². The number of esters is 2. The average Bonchev–Trinajstić information content (AvgIpc) is 2.95. The molecule has 1 aliphatic heterocycles. The Morgan fingerprint density at radius 1 is 1.27 bits per heavy atom. The Labute approximate surface area is 158 Å². The van der Waals surface area contributed by atoms with Gasteiger partial charge in [-0.05, 0) is 39.7 Å². The zero-order valence-electron chi connectivity index (χ0n) is 14.5. The van der Waals surface area contributed by atoms with Gasteiger partial charge in [-0.25, -0.2) is 9.59 Å². The molecule has 7 nitrogen and oxygen atoms in total. The predicted molar refractivity (Wildman–Crippen MR) is 96.3 cm³/mol. The van der Waals surface area contributed by atoms with Gasteiger partial charge in [0.05, 0.1) is 24.3 Å². The first-order valence-electron chi connectivity index (χ1n) is 7.81. The molecule has 1 aromatic heterocycles. The Balaban J connectivity index is 1.92.